The average Bonchev–Trinajstić information content (AvgIpc) is 2.40. The first-order valence-electron chi connectivity index (χ1n) is 5.46. The van der Waals surface area contributed by atoms with E-state index < -0.39 is 0 Å². The van der Waals surface area contributed by atoms with Crippen molar-refractivity contribution in [2.24, 2.45) is 0 Å². The Morgan fingerprint density at radius 2 is 1.94 bits per heavy atom. The van der Waals surface area contributed by atoms with Crippen LogP contribution >= 0.6 is 11.6 Å². The van der Waals surface area contributed by atoms with E-state index in [0.717, 1.165) is 22.4 Å². The molecule has 1 heterocycles. The molecule has 3 heteroatoms. The van der Waals surface area contributed by atoms with Crippen LogP contribution in [0.5, 0.6) is 0 Å². The summed E-state index contributed by atoms with van der Waals surface area (Å²) in [6, 6.07) is 7.22. The summed E-state index contributed by atoms with van der Waals surface area (Å²) in [6.07, 6.45) is 5.24. The lowest BCUT2D eigenvalue weighted by atomic mass is 10.0. The summed E-state index contributed by atoms with van der Waals surface area (Å²) in [7, 11) is 0. The van der Waals surface area contributed by atoms with Crippen molar-refractivity contribution in [1.82, 2.24) is 4.98 Å². The molecule has 0 saturated heterocycles. The van der Waals surface area contributed by atoms with E-state index in [1.165, 1.54) is 0 Å². The molecule has 1 aromatic heterocycles. The molecule has 0 unspecified atom stereocenters. The normalized spacial score (nSPS) is 10.1. The minimum absolute atomic E-state index is 0.612. The van der Waals surface area contributed by atoms with Gasteiger partial charge in [0.05, 0.1) is 10.7 Å². The number of aromatic nitrogens is 1. The number of rotatable bonds is 3. The zero-order valence-corrected chi connectivity index (χ0v) is 10.6. The Balaban J connectivity index is 2.74. The first kappa shape index (κ1) is 12.4. The molecule has 2 nitrogen and oxygen atoms in total. The van der Waals surface area contributed by atoms with E-state index >= 15 is 0 Å². The van der Waals surface area contributed by atoms with Crippen LogP contribution in [0.15, 0.2) is 43.6 Å². The van der Waals surface area contributed by atoms with Gasteiger partial charge in [0.15, 0.2) is 0 Å². The maximum Gasteiger partial charge on any atom is 0.0795 e. The second kappa shape index (κ2) is 5.07. The van der Waals surface area contributed by atoms with Crippen molar-refractivity contribution in [3.63, 3.8) is 0 Å². The van der Waals surface area contributed by atoms with Gasteiger partial charge < -0.3 is 5.73 Å². The standard InChI is InChI=1S/C15H13ClN2/c1-3-10-7-8-18-15(12(10)4-2)13-9-11(17)5-6-14(13)16/h3-9H,1-2,17H2. The summed E-state index contributed by atoms with van der Waals surface area (Å²) in [4.78, 5) is 4.37. The quantitative estimate of drug-likeness (QED) is 0.833. The third-order valence-corrected chi connectivity index (χ3v) is 3.02. The molecule has 0 aliphatic rings. The molecule has 0 fully saturated rings. The average molecular weight is 257 g/mol. The molecule has 1 aromatic carbocycles. The first-order chi connectivity index (χ1) is 8.67. The second-order valence-corrected chi connectivity index (χ2v) is 4.22. The second-order valence-electron chi connectivity index (χ2n) is 3.81. The van der Waals surface area contributed by atoms with Gasteiger partial charge in [0, 0.05) is 23.0 Å². The molecule has 0 saturated carbocycles. The Hall–Kier alpha value is -2.06. The van der Waals surface area contributed by atoms with Gasteiger partial charge in [0.1, 0.15) is 0 Å². The van der Waals surface area contributed by atoms with Crippen LogP contribution in [0.25, 0.3) is 23.4 Å². The Morgan fingerprint density at radius 1 is 1.17 bits per heavy atom. The topological polar surface area (TPSA) is 38.9 Å². The molecule has 2 rings (SSSR count). The Kier molecular flexibility index (Phi) is 3.49. The molecular weight excluding hydrogens is 244 g/mol. The van der Waals surface area contributed by atoms with Crippen LogP contribution < -0.4 is 5.73 Å². The van der Waals surface area contributed by atoms with Gasteiger partial charge >= 0.3 is 0 Å². The van der Waals surface area contributed by atoms with Gasteiger partial charge in [-0.3, -0.25) is 4.98 Å². The Bertz CT molecular complexity index is 618. The van der Waals surface area contributed by atoms with Crippen LogP contribution in [-0.4, -0.2) is 4.98 Å². The van der Waals surface area contributed by atoms with Crippen LogP contribution in [0.4, 0.5) is 5.69 Å². The molecule has 18 heavy (non-hydrogen) atoms. The monoisotopic (exact) mass is 256 g/mol. The van der Waals surface area contributed by atoms with E-state index in [9.17, 15) is 0 Å². The maximum atomic E-state index is 6.20. The van der Waals surface area contributed by atoms with E-state index in [2.05, 4.69) is 18.1 Å². The van der Waals surface area contributed by atoms with Crippen molar-refractivity contribution in [2.75, 3.05) is 5.73 Å². The van der Waals surface area contributed by atoms with Crippen molar-refractivity contribution in [3.8, 4) is 11.3 Å². The zero-order chi connectivity index (χ0) is 13.1. The molecule has 0 radical (unpaired) electrons. The highest BCUT2D eigenvalue weighted by molar-refractivity contribution is 6.33. The maximum absolute atomic E-state index is 6.20. The fourth-order valence-corrected chi connectivity index (χ4v) is 2.03. The number of nitrogens with two attached hydrogens (primary N) is 1. The fraction of sp³-hybridized carbons (Fsp3) is 0. The third kappa shape index (κ3) is 2.15. The van der Waals surface area contributed by atoms with E-state index in [-0.39, 0.29) is 0 Å². The fourth-order valence-electron chi connectivity index (χ4n) is 1.82. The number of halogens is 1. The first-order valence-corrected chi connectivity index (χ1v) is 5.84. The molecule has 0 spiro atoms. The number of benzene rings is 1. The van der Waals surface area contributed by atoms with Gasteiger partial charge in [-0.25, -0.2) is 0 Å². The highest BCUT2D eigenvalue weighted by atomic mass is 35.5. The van der Waals surface area contributed by atoms with Crippen molar-refractivity contribution >= 4 is 29.4 Å². The molecule has 0 aliphatic carbocycles. The molecule has 0 aliphatic heterocycles. The summed E-state index contributed by atoms with van der Waals surface area (Å²) < 4.78 is 0. The van der Waals surface area contributed by atoms with Crippen LogP contribution in [0.1, 0.15) is 11.1 Å². The minimum Gasteiger partial charge on any atom is -0.399 e. The Labute approximate surface area is 111 Å². The lowest BCUT2D eigenvalue weighted by Gasteiger charge is -2.10. The van der Waals surface area contributed by atoms with E-state index in [4.69, 9.17) is 17.3 Å². The van der Waals surface area contributed by atoms with Gasteiger partial charge in [-0.1, -0.05) is 36.9 Å². The largest absolute Gasteiger partial charge is 0.399 e. The zero-order valence-electron chi connectivity index (χ0n) is 9.86. The molecule has 0 atom stereocenters. The molecule has 90 valence electrons. The van der Waals surface area contributed by atoms with Gasteiger partial charge in [-0.2, -0.15) is 0 Å². The van der Waals surface area contributed by atoms with Crippen LogP contribution in [0.2, 0.25) is 5.02 Å². The van der Waals surface area contributed by atoms with E-state index in [1.54, 1.807) is 30.5 Å². The number of pyridine rings is 1. The van der Waals surface area contributed by atoms with Gasteiger partial charge in [-0.05, 0) is 29.8 Å². The predicted octanol–water partition coefficient (Wildman–Crippen LogP) is 4.27. The molecule has 0 bridgehead atoms. The molecule has 2 N–H and O–H groups in total. The number of nitrogen functional groups attached to an aromatic ring is 1. The van der Waals surface area contributed by atoms with Gasteiger partial charge in [0.25, 0.3) is 0 Å². The summed E-state index contributed by atoms with van der Waals surface area (Å²) in [5.74, 6) is 0. The smallest absolute Gasteiger partial charge is 0.0795 e. The summed E-state index contributed by atoms with van der Waals surface area (Å²) in [5.41, 5.74) is 9.88. The van der Waals surface area contributed by atoms with Crippen molar-refractivity contribution in [1.29, 1.82) is 0 Å². The van der Waals surface area contributed by atoms with Crippen molar-refractivity contribution in [3.05, 3.63) is 59.8 Å². The lowest BCUT2D eigenvalue weighted by molar-refractivity contribution is 1.31. The van der Waals surface area contributed by atoms with Crippen LogP contribution in [0.3, 0.4) is 0 Å². The number of nitrogens with zero attached hydrogens (tertiary/aromatic N) is 1. The van der Waals surface area contributed by atoms with Crippen molar-refractivity contribution in [2.45, 2.75) is 0 Å². The summed E-state index contributed by atoms with van der Waals surface area (Å²) >= 11 is 6.20. The lowest BCUT2D eigenvalue weighted by Crippen LogP contribution is -1.93. The van der Waals surface area contributed by atoms with E-state index in [0.29, 0.717) is 10.7 Å². The van der Waals surface area contributed by atoms with Gasteiger partial charge in [-0.15, -0.1) is 0 Å². The SMILES string of the molecule is C=Cc1ccnc(-c2cc(N)ccc2Cl)c1C=C. The number of anilines is 1. The van der Waals surface area contributed by atoms with Crippen LogP contribution in [0, 0.1) is 0 Å². The van der Waals surface area contributed by atoms with Crippen molar-refractivity contribution < 1.29 is 0 Å². The van der Waals surface area contributed by atoms with Gasteiger partial charge in [0.2, 0.25) is 0 Å². The van der Waals surface area contributed by atoms with Crippen LogP contribution in [-0.2, 0) is 0 Å². The number of hydrogen-bond donors (Lipinski definition) is 1. The minimum atomic E-state index is 0.612. The predicted molar refractivity (Wildman–Crippen MR) is 79.3 cm³/mol. The molecule has 2 aromatic rings. The number of hydrogen-bond acceptors (Lipinski definition) is 2. The highest BCUT2D eigenvalue weighted by Gasteiger charge is 2.11. The van der Waals surface area contributed by atoms with E-state index in [1.807, 2.05) is 12.1 Å². The highest BCUT2D eigenvalue weighted by Crippen LogP contribution is 2.32. The Morgan fingerprint density at radius 3 is 2.61 bits per heavy atom. The summed E-state index contributed by atoms with van der Waals surface area (Å²) in [6.45, 7) is 7.60. The third-order valence-electron chi connectivity index (χ3n) is 2.69. The molecule has 0 amide bonds. The molecular formula is C15H13ClN2. The summed E-state index contributed by atoms with van der Waals surface area (Å²) in [5, 5.41) is 0.612.